The van der Waals surface area contributed by atoms with Gasteiger partial charge >= 0.3 is 0 Å². The van der Waals surface area contributed by atoms with Gasteiger partial charge in [0.05, 0.1) is 0 Å². The number of Topliss-reactive ketones (excluding diaryl/α,β-unsaturated/α-hetero) is 1. The number of carbonyl (C=O) groups is 1. The second-order valence-electron chi connectivity index (χ2n) is 5.57. The fourth-order valence-electron chi connectivity index (χ4n) is 2.49. The number of ketones is 1. The number of carbonyl (C=O) groups excluding carboxylic acids is 1. The third-order valence-electron chi connectivity index (χ3n) is 3.85. The van der Waals surface area contributed by atoms with Crippen molar-refractivity contribution in [3.8, 4) is 0 Å². The van der Waals surface area contributed by atoms with Crippen LogP contribution in [-0.4, -0.2) is 36.4 Å². The Balaban J connectivity index is 2.46. The van der Waals surface area contributed by atoms with Crippen molar-refractivity contribution < 1.29 is 4.79 Å². The van der Waals surface area contributed by atoms with Gasteiger partial charge < -0.3 is 16.0 Å². The molecular formula is C17H29N3O. The topological polar surface area (TPSA) is 58.4 Å². The average Bonchev–Trinajstić information content (AvgIpc) is 2.43. The lowest BCUT2D eigenvalue weighted by atomic mass is 10.1. The van der Waals surface area contributed by atoms with Crippen molar-refractivity contribution in [2.75, 3.05) is 30.7 Å². The highest BCUT2D eigenvalue weighted by atomic mass is 16.1. The van der Waals surface area contributed by atoms with Crippen molar-refractivity contribution in [2.24, 2.45) is 0 Å². The van der Waals surface area contributed by atoms with E-state index in [0.717, 1.165) is 31.7 Å². The molecule has 0 heterocycles. The van der Waals surface area contributed by atoms with Crippen LogP contribution in [0.3, 0.4) is 0 Å². The molecule has 0 fully saturated rings. The Morgan fingerprint density at radius 2 is 2.00 bits per heavy atom. The van der Waals surface area contributed by atoms with Crippen LogP contribution in [0.5, 0.6) is 0 Å². The Hall–Kier alpha value is -1.55. The minimum atomic E-state index is 0.00585. The minimum Gasteiger partial charge on any atom is -0.398 e. The zero-order valence-corrected chi connectivity index (χ0v) is 13.8. The van der Waals surface area contributed by atoms with E-state index in [2.05, 4.69) is 31.0 Å². The number of hydrogen-bond acceptors (Lipinski definition) is 4. The van der Waals surface area contributed by atoms with Gasteiger partial charge in [-0.2, -0.15) is 0 Å². The summed E-state index contributed by atoms with van der Waals surface area (Å²) in [5.74, 6) is 0.00585. The summed E-state index contributed by atoms with van der Waals surface area (Å²) >= 11 is 0. The number of nitrogen functional groups attached to an aromatic ring is 1. The van der Waals surface area contributed by atoms with Crippen LogP contribution in [0.15, 0.2) is 18.2 Å². The Bertz CT molecular complexity index is 455. The smallest absolute Gasteiger partial charge is 0.161 e. The van der Waals surface area contributed by atoms with Gasteiger partial charge in [0, 0.05) is 23.0 Å². The van der Waals surface area contributed by atoms with Crippen molar-refractivity contribution >= 4 is 17.2 Å². The van der Waals surface area contributed by atoms with Crippen LogP contribution in [0.2, 0.25) is 0 Å². The maximum absolute atomic E-state index is 11.4. The zero-order chi connectivity index (χ0) is 15.8. The SMILES string of the molecule is CCN(CC)CCCC(C)Nc1ccc(C(C)=O)c(N)c1. The fourth-order valence-corrected chi connectivity index (χ4v) is 2.49. The van der Waals surface area contributed by atoms with Crippen LogP contribution in [0.4, 0.5) is 11.4 Å². The molecule has 1 rings (SSSR count). The van der Waals surface area contributed by atoms with Crippen LogP contribution in [0, 0.1) is 0 Å². The Morgan fingerprint density at radius 1 is 1.33 bits per heavy atom. The second kappa shape index (κ2) is 8.67. The maximum Gasteiger partial charge on any atom is 0.161 e. The third-order valence-corrected chi connectivity index (χ3v) is 3.85. The van der Waals surface area contributed by atoms with Gasteiger partial charge in [-0.1, -0.05) is 13.8 Å². The van der Waals surface area contributed by atoms with E-state index >= 15 is 0 Å². The molecule has 3 N–H and O–H groups in total. The van der Waals surface area contributed by atoms with E-state index in [-0.39, 0.29) is 5.78 Å². The van der Waals surface area contributed by atoms with Crippen molar-refractivity contribution in [2.45, 2.75) is 46.6 Å². The summed E-state index contributed by atoms with van der Waals surface area (Å²) < 4.78 is 0. The molecule has 1 atom stereocenters. The lowest BCUT2D eigenvalue weighted by Gasteiger charge is -2.20. The molecule has 4 nitrogen and oxygen atoms in total. The molecule has 118 valence electrons. The molecule has 0 aliphatic rings. The molecule has 1 unspecified atom stereocenters. The Morgan fingerprint density at radius 3 is 2.52 bits per heavy atom. The maximum atomic E-state index is 11.4. The summed E-state index contributed by atoms with van der Waals surface area (Å²) in [6.07, 6.45) is 2.29. The number of benzene rings is 1. The molecule has 21 heavy (non-hydrogen) atoms. The van der Waals surface area contributed by atoms with Crippen LogP contribution < -0.4 is 11.1 Å². The molecule has 0 bridgehead atoms. The van der Waals surface area contributed by atoms with Crippen LogP contribution in [0.1, 0.15) is 50.9 Å². The van der Waals surface area contributed by atoms with E-state index < -0.39 is 0 Å². The van der Waals surface area contributed by atoms with E-state index in [1.54, 1.807) is 6.07 Å². The number of rotatable bonds is 9. The number of nitrogens with zero attached hydrogens (tertiary/aromatic N) is 1. The number of anilines is 2. The van der Waals surface area contributed by atoms with E-state index in [1.807, 2.05) is 12.1 Å². The lowest BCUT2D eigenvalue weighted by Crippen LogP contribution is -2.25. The molecule has 0 spiro atoms. The highest BCUT2D eigenvalue weighted by molar-refractivity contribution is 5.99. The summed E-state index contributed by atoms with van der Waals surface area (Å²) in [6.45, 7) is 11.5. The van der Waals surface area contributed by atoms with E-state index in [9.17, 15) is 4.79 Å². The van der Waals surface area contributed by atoms with Gasteiger partial charge in [-0.25, -0.2) is 0 Å². The monoisotopic (exact) mass is 291 g/mol. The minimum absolute atomic E-state index is 0.00585. The van der Waals surface area contributed by atoms with Gasteiger partial charge in [0.1, 0.15) is 0 Å². The van der Waals surface area contributed by atoms with E-state index in [0.29, 0.717) is 17.3 Å². The average molecular weight is 291 g/mol. The van der Waals surface area contributed by atoms with Gasteiger partial charge in [-0.15, -0.1) is 0 Å². The predicted octanol–water partition coefficient (Wildman–Crippen LogP) is 3.39. The predicted molar refractivity (Wildman–Crippen MR) is 91.0 cm³/mol. The summed E-state index contributed by atoms with van der Waals surface area (Å²) in [5, 5.41) is 3.45. The third kappa shape index (κ3) is 5.76. The molecule has 0 aliphatic heterocycles. The van der Waals surface area contributed by atoms with Crippen LogP contribution in [0.25, 0.3) is 0 Å². The first-order valence-corrected chi connectivity index (χ1v) is 7.87. The second-order valence-corrected chi connectivity index (χ2v) is 5.57. The molecular weight excluding hydrogens is 262 g/mol. The first kappa shape index (κ1) is 17.5. The van der Waals surface area contributed by atoms with Crippen molar-refractivity contribution in [1.82, 2.24) is 4.90 Å². The Kier molecular flexibility index (Phi) is 7.23. The van der Waals surface area contributed by atoms with E-state index in [1.165, 1.54) is 13.3 Å². The fraction of sp³-hybridized carbons (Fsp3) is 0.588. The van der Waals surface area contributed by atoms with Crippen LogP contribution >= 0.6 is 0 Å². The molecule has 1 aromatic rings. The zero-order valence-electron chi connectivity index (χ0n) is 13.8. The summed E-state index contributed by atoms with van der Waals surface area (Å²) in [7, 11) is 0. The summed E-state index contributed by atoms with van der Waals surface area (Å²) in [5.41, 5.74) is 8.02. The van der Waals surface area contributed by atoms with Gasteiger partial charge in [0.15, 0.2) is 5.78 Å². The van der Waals surface area contributed by atoms with Crippen molar-refractivity contribution in [3.63, 3.8) is 0 Å². The largest absolute Gasteiger partial charge is 0.398 e. The standard InChI is InChI=1S/C17H29N3O/c1-5-20(6-2)11-7-8-13(3)19-15-9-10-16(14(4)21)17(18)12-15/h9-10,12-13,19H,5-8,11,18H2,1-4H3. The number of nitrogens with one attached hydrogen (secondary N) is 1. The van der Waals surface area contributed by atoms with Crippen molar-refractivity contribution in [3.05, 3.63) is 23.8 Å². The first-order chi connectivity index (χ1) is 9.97. The molecule has 0 saturated carbocycles. The van der Waals surface area contributed by atoms with Crippen molar-refractivity contribution in [1.29, 1.82) is 0 Å². The number of hydrogen-bond donors (Lipinski definition) is 2. The van der Waals surface area contributed by atoms with Gasteiger partial charge in [-0.05, 0) is 64.5 Å². The lowest BCUT2D eigenvalue weighted by molar-refractivity contribution is 0.101. The summed E-state index contributed by atoms with van der Waals surface area (Å²) in [4.78, 5) is 13.8. The molecule has 0 saturated heterocycles. The summed E-state index contributed by atoms with van der Waals surface area (Å²) in [6, 6.07) is 5.96. The molecule has 0 aromatic heterocycles. The van der Waals surface area contributed by atoms with E-state index in [4.69, 9.17) is 5.73 Å². The highest BCUT2D eigenvalue weighted by Gasteiger charge is 2.08. The van der Waals surface area contributed by atoms with Gasteiger partial charge in [0.2, 0.25) is 0 Å². The van der Waals surface area contributed by atoms with Gasteiger partial charge in [-0.3, -0.25) is 4.79 Å². The normalized spacial score (nSPS) is 12.4. The quantitative estimate of drug-likeness (QED) is 0.541. The van der Waals surface area contributed by atoms with Gasteiger partial charge in [0.25, 0.3) is 0 Å². The Labute approximate surface area is 128 Å². The molecule has 0 amide bonds. The van der Waals surface area contributed by atoms with Crippen LogP contribution in [-0.2, 0) is 0 Å². The molecule has 0 aliphatic carbocycles. The molecule has 1 aromatic carbocycles. The molecule has 4 heteroatoms. The molecule has 0 radical (unpaired) electrons. The number of nitrogens with two attached hydrogens (primary N) is 1. The first-order valence-electron chi connectivity index (χ1n) is 7.87. The highest BCUT2D eigenvalue weighted by Crippen LogP contribution is 2.19.